The molecule has 0 saturated carbocycles. The molecule has 0 amide bonds. The Balaban J connectivity index is 1.53. The van der Waals surface area contributed by atoms with Crippen LogP contribution in [0.15, 0.2) is 89.5 Å². The van der Waals surface area contributed by atoms with Crippen molar-refractivity contribution >= 4 is 23.7 Å². The molecule has 41 heavy (non-hydrogen) atoms. The van der Waals surface area contributed by atoms with E-state index in [9.17, 15) is 19.7 Å². The zero-order valence-electron chi connectivity index (χ0n) is 23.3. The van der Waals surface area contributed by atoms with Gasteiger partial charge in [0.05, 0.1) is 28.1 Å². The molecule has 0 bridgehead atoms. The number of ether oxygens (including phenoxy) is 2. The molecule has 1 aromatic heterocycles. The third-order valence-electron chi connectivity index (χ3n) is 6.48. The summed E-state index contributed by atoms with van der Waals surface area (Å²) < 4.78 is 11.1. The van der Waals surface area contributed by atoms with Crippen molar-refractivity contribution in [3.05, 3.63) is 122 Å². The van der Waals surface area contributed by atoms with E-state index in [1.807, 2.05) is 30.3 Å². The van der Waals surface area contributed by atoms with Crippen LogP contribution >= 0.6 is 0 Å². The molecule has 2 heterocycles. The van der Waals surface area contributed by atoms with Gasteiger partial charge in [0, 0.05) is 42.3 Å². The number of hydrogen-bond acceptors (Lipinski definition) is 8. The van der Waals surface area contributed by atoms with Gasteiger partial charge < -0.3 is 19.8 Å². The number of nitrogens with one attached hydrogen (secondary N) is 2. The summed E-state index contributed by atoms with van der Waals surface area (Å²) in [6.07, 6.45) is 7.37. The van der Waals surface area contributed by atoms with Crippen molar-refractivity contribution in [2.75, 3.05) is 6.61 Å². The summed E-state index contributed by atoms with van der Waals surface area (Å²) in [6, 6.07) is 13.8. The van der Waals surface area contributed by atoms with Crippen LogP contribution < -0.4 is 5.32 Å². The van der Waals surface area contributed by atoms with E-state index >= 15 is 0 Å². The van der Waals surface area contributed by atoms with Gasteiger partial charge in [0.25, 0.3) is 5.69 Å². The van der Waals surface area contributed by atoms with Crippen molar-refractivity contribution in [3.63, 3.8) is 0 Å². The molecule has 3 aromatic rings. The molecule has 2 aromatic carbocycles. The van der Waals surface area contributed by atoms with Crippen LogP contribution in [-0.2, 0) is 25.5 Å². The van der Waals surface area contributed by atoms with Crippen molar-refractivity contribution in [1.29, 1.82) is 0 Å². The molecule has 1 atom stereocenters. The van der Waals surface area contributed by atoms with Gasteiger partial charge in [-0.2, -0.15) is 0 Å². The van der Waals surface area contributed by atoms with Crippen LogP contribution in [0.2, 0.25) is 0 Å². The lowest BCUT2D eigenvalue weighted by Crippen LogP contribution is -2.33. The number of esters is 2. The summed E-state index contributed by atoms with van der Waals surface area (Å²) in [5, 5.41) is 14.6. The van der Waals surface area contributed by atoms with E-state index in [-0.39, 0.29) is 23.4 Å². The molecule has 0 aliphatic carbocycles. The minimum Gasteiger partial charge on any atom is -0.460 e. The number of nitro groups is 1. The van der Waals surface area contributed by atoms with E-state index in [0.29, 0.717) is 23.4 Å². The molecular weight excluding hydrogens is 524 g/mol. The highest BCUT2D eigenvalue weighted by molar-refractivity contribution is 6.00. The van der Waals surface area contributed by atoms with Crippen molar-refractivity contribution in [2.45, 2.75) is 46.1 Å². The van der Waals surface area contributed by atoms with Crippen LogP contribution in [0.4, 0.5) is 5.69 Å². The molecule has 1 aliphatic rings. The Morgan fingerprint density at radius 2 is 1.78 bits per heavy atom. The molecule has 10 nitrogen and oxygen atoms in total. The van der Waals surface area contributed by atoms with Gasteiger partial charge >= 0.3 is 11.9 Å². The van der Waals surface area contributed by atoms with E-state index in [4.69, 9.17) is 9.47 Å². The molecule has 0 saturated heterocycles. The fourth-order valence-electron chi connectivity index (χ4n) is 4.68. The second-order valence-corrected chi connectivity index (χ2v) is 9.90. The number of carbonyl (C=O) groups is 2. The molecule has 0 spiro atoms. The minimum absolute atomic E-state index is 0.0140. The number of aromatic nitrogens is 2. The van der Waals surface area contributed by atoms with E-state index in [2.05, 4.69) is 15.3 Å². The summed E-state index contributed by atoms with van der Waals surface area (Å²) in [5.41, 5.74) is 3.66. The number of imidazole rings is 1. The average molecular weight is 557 g/mol. The number of dihydropyridines is 1. The number of nitro benzene ring substituents is 1. The fraction of sp³-hybridized carbons (Fsp3) is 0.258. The van der Waals surface area contributed by atoms with Crippen LogP contribution in [0, 0.1) is 10.1 Å². The maximum atomic E-state index is 13.4. The van der Waals surface area contributed by atoms with Gasteiger partial charge in [-0.05, 0) is 50.5 Å². The first kappa shape index (κ1) is 29.0. The van der Waals surface area contributed by atoms with Crippen molar-refractivity contribution in [2.24, 2.45) is 0 Å². The molecule has 4 rings (SSSR count). The standard InChI is InChI=1S/C31H32N4O6/c1-19(2)41-31(37)28-21(4)34-20(3)27(29(28)24-8-5-9-25(18-24)35(38)39)30(36)40-16-6-7-22-10-12-23(13-11-22)17-26-32-14-15-33-26/h5-15,18-19,29,34H,16-17H2,1-4H3,(H,32,33)/b7-6+. The molecular formula is C31H32N4O6. The summed E-state index contributed by atoms with van der Waals surface area (Å²) in [4.78, 5) is 44.9. The summed E-state index contributed by atoms with van der Waals surface area (Å²) >= 11 is 0. The fourth-order valence-corrected chi connectivity index (χ4v) is 4.68. The number of allylic oxidation sites excluding steroid dienone is 2. The zero-order valence-corrected chi connectivity index (χ0v) is 23.3. The molecule has 10 heteroatoms. The lowest BCUT2D eigenvalue weighted by molar-refractivity contribution is -0.384. The molecule has 1 unspecified atom stereocenters. The average Bonchev–Trinajstić information content (AvgIpc) is 3.44. The number of benzene rings is 2. The van der Waals surface area contributed by atoms with Crippen LogP contribution in [0.1, 0.15) is 56.1 Å². The lowest BCUT2D eigenvalue weighted by Gasteiger charge is -2.30. The molecule has 0 radical (unpaired) electrons. The Kier molecular flexibility index (Phi) is 9.13. The second-order valence-electron chi connectivity index (χ2n) is 9.90. The number of aromatic amines is 1. The molecule has 2 N–H and O–H groups in total. The largest absolute Gasteiger partial charge is 0.460 e. The lowest BCUT2D eigenvalue weighted by atomic mass is 9.80. The SMILES string of the molecule is CC1=C(C(=O)OC/C=C/c2ccc(Cc3ncc[nH]3)cc2)C(c2cccc([N+](=O)[O-])c2)C(C(=O)OC(C)C)=C(C)N1. The van der Waals surface area contributed by atoms with Crippen molar-refractivity contribution < 1.29 is 24.0 Å². The Hall–Kier alpha value is -4.99. The Bertz CT molecular complexity index is 1520. The number of carbonyl (C=O) groups excluding carboxylic acids is 2. The van der Waals surface area contributed by atoms with Gasteiger partial charge in [0.1, 0.15) is 12.4 Å². The topological polar surface area (TPSA) is 136 Å². The molecule has 0 fully saturated rings. The highest BCUT2D eigenvalue weighted by atomic mass is 16.6. The number of nitrogens with zero attached hydrogens (tertiary/aromatic N) is 2. The van der Waals surface area contributed by atoms with E-state index in [1.165, 1.54) is 18.2 Å². The number of non-ortho nitro benzene ring substituents is 1. The van der Waals surface area contributed by atoms with Gasteiger partial charge in [0.15, 0.2) is 0 Å². The normalized spacial score (nSPS) is 15.3. The second kappa shape index (κ2) is 12.9. The first-order chi connectivity index (χ1) is 19.6. The molecule has 212 valence electrons. The van der Waals surface area contributed by atoms with Gasteiger partial charge in [-0.15, -0.1) is 0 Å². The highest BCUT2D eigenvalue weighted by Gasteiger charge is 2.38. The maximum Gasteiger partial charge on any atom is 0.337 e. The van der Waals surface area contributed by atoms with Gasteiger partial charge in [-0.3, -0.25) is 10.1 Å². The monoisotopic (exact) mass is 556 g/mol. The Labute approximate surface area is 237 Å². The maximum absolute atomic E-state index is 13.4. The zero-order chi connectivity index (χ0) is 29.5. The number of rotatable bonds is 10. The third-order valence-corrected chi connectivity index (χ3v) is 6.48. The van der Waals surface area contributed by atoms with Crippen LogP contribution in [0.5, 0.6) is 0 Å². The Morgan fingerprint density at radius 3 is 2.41 bits per heavy atom. The predicted octanol–water partition coefficient (Wildman–Crippen LogP) is 5.35. The Morgan fingerprint density at radius 1 is 1.07 bits per heavy atom. The summed E-state index contributed by atoms with van der Waals surface area (Å²) in [7, 11) is 0. The number of hydrogen-bond donors (Lipinski definition) is 2. The summed E-state index contributed by atoms with van der Waals surface area (Å²) in [5.74, 6) is -1.29. The smallest absolute Gasteiger partial charge is 0.337 e. The van der Waals surface area contributed by atoms with Crippen molar-refractivity contribution in [3.8, 4) is 0 Å². The van der Waals surface area contributed by atoms with Gasteiger partial charge in [-0.25, -0.2) is 14.6 Å². The van der Waals surface area contributed by atoms with Gasteiger partial charge in [0.2, 0.25) is 0 Å². The first-order valence-corrected chi connectivity index (χ1v) is 13.2. The van der Waals surface area contributed by atoms with Crippen molar-refractivity contribution in [1.82, 2.24) is 15.3 Å². The minimum atomic E-state index is -0.916. The first-order valence-electron chi connectivity index (χ1n) is 13.2. The third kappa shape index (κ3) is 7.16. The van der Waals surface area contributed by atoms with E-state index in [0.717, 1.165) is 17.0 Å². The van der Waals surface area contributed by atoms with E-state index < -0.39 is 28.9 Å². The summed E-state index contributed by atoms with van der Waals surface area (Å²) in [6.45, 7) is 6.84. The molecule has 1 aliphatic heterocycles. The quantitative estimate of drug-likeness (QED) is 0.194. The van der Waals surface area contributed by atoms with Gasteiger partial charge in [-0.1, -0.05) is 42.5 Å². The van der Waals surface area contributed by atoms with Crippen LogP contribution in [-0.4, -0.2) is 39.5 Å². The van der Waals surface area contributed by atoms with E-state index in [1.54, 1.807) is 52.2 Å². The number of H-pyrrole nitrogens is 1. The predicted molar refractivity (Wildman–Crippen MR) is 153 cm³/mol. The highest BCUT2D eigenvalue weighted by Crippen LogP contribution is 2.40. The van der Waals surface area contributed by atoms with Crippen LogP contribution in [0.3, 0.4) is 0 Å². The van der Waals surface area contributed by atoms with Crippen LogP contribution in [0.25, 0.3) is 6.08 Å².